The van der Waals surface area contributed by atoms with Crippen LogP contribution in [0.3, 0.4) is 0 Å². The lowest BCUT2D eigenvalue weighted by molar-refractivity contribution is -0.115. The molecule has 0 radical (unpaired) electrons. The summed E-state index contributed by atoms with van der Waals surface area (Å²) in [5.41, 5.74) is 7.81. The second kappa shape index (κ2) is 11.3. The number of carbonyl (C=O) groups excluding carboxylic acids is 1. The first-order valence-corrected chi connectivity index (χ1v) is 14.0. The molecule has 1 saturated heterocycles. The number of aromatic nitrogens is 2. The van der Waals surface area contributed by atoms with Crippen LogP contribution in [0.5, 0.6) is 5.75 Å². The normalized spacial score (nSPS) is 16.6. The number of carbonyl (C=O) groups is 1. The molecule has 206 valence electrons. The second-order valence-electron chi connectivity index (χ2n) is 9.88. The molecule has 0 saturated carbocycles. The maximum Gasteiger partial charge on any atom is 0.224 e. The van der Waals surface area contributed by atoms with Gasteiger partial charge in [-0.05, 0) is 86.6 Å². The van der Waals surface area contributed by atoms with Crippen molar-refractivity contribution in [3.8, 4) is 11.4 Å². The monoisotopic (exact) mass is 573 g/mol. The Bertz CT molecular complexity index is 1590. The molecule has 2 atom stereocenters. The minimum Gasteiger partial charge on any atom is -0.494 e. The van der Waals surface area contributed by atoms with Gasteiger partial charge in [-0.1, -0.05) is 30.7 Å². The molecule has 40 heavy (non-hydrogen) atoms. The summed E-state index contributed by atoms with van der Waals surface area (Å²) >= 11 is 12.4. The highest BCUT2D eigenvalue weighted by Gasteiger charge is 2.42. The summed E-state index contributed by atoms with van der Waals surface area (Å²) in [5.74, 6) is 0.475. The first-order valence-electron chi connectivity index (χ1n) is 13.2. The van der Waals surface area contributed by atoms with Gasteiger partial charge in [0.05, 0.1) is 30.6 Å². The Hall–Kier alpha value is -3.88. The van der Waals surface area contributed by atoms with E-state index in [2.05, 4.69) is 51.9 Å². The number of thiocarbonyl (C=S) groups is 1. The molecule has 0 aliphatic carbocycles. The summed E-state index contributed by atoms with van der Waals surface area (Å²) < 4.78 is 7.92. The summed E-state index contributed by atoms with van der Waals surface area (Å²) in [6.45, 7) is 8.13. The predicted molar refractivity (Wildman–Crippen MR) is 165 cm³/mol. The van der Waals surface area contributed by atoms with Crippen LogP contribution in [0.2, 0.25) is 5.02 Å². The molecule has 1 fully saturated rings. The number of nitrogens with zero attached hydrogens (tertiary/aromatic N) is 3. The number of rotatable bonds is 7. The van der Waals surface area contributed by atoms with E-state index < -0.39 is 0 Å². The first-order chi connectivity index (χ1) is 19.2. The third-order valence-electron chi connectivity index (χ3n) is 7.36. The number of amides is 1. The number of anilines is 2. The van der Waals surface area contributed by atoms with Crippen LogP contribution >= 0.6 is 23.8 Å². The van der Waals surface area contributed by atoms with Crippen LogP contribution in [0.25, 0.3) is 5.69 Å². The number of benzene rings is 2. The molecule has 0 unspecified atom stereocenters. The average molecular weight is 574 g/mol. The topological polar surface area (TPSA) is 71.4 Å². The van der Waals surface area contributed by atoms with E-state index >= 15 is 0 Å². The van der Waals surface area contributed by atoms with Crippen molar-refractivity contribution in [2.24, 2.45) is 0 Å². The molecule has 2 N–H and O–H groups in total. The zero-order valence-electron chi connectivity index (χ0n) is 23.2. The van der Waals surface area contributed by atoms with Crippen LogP contribution < -0.4 is 20.3 Å². The van der Waals surface area contributed by atoms with E-state index in [1.165, 1.54) is 0 Å². The van der Waals surface area contributed by atoms with E-state index in [9.17, 15) is 4.79 Å². The van der Waals surface area contributed by atoms with Gasteiger partial charge in [-0.15, -0.1) is 0 Å². The number of halogens is 1. The lowest BCUT2D eigenvalue weighted by Gasteiger charge is -2.29. The lowest BCUT2D eigenvalue weighted by Crippen LogP contribution is -2.29. The van der Waals surface area contributed by atoms with Gasteiger partial charge in [0.1, 0.15) is 5.75 Å². The van der Waals surface area contributed by atoms with Gasteiger partial charge in [-0.25, -0.2) is 0 Å². The van der Waals surface area contributed by atoms with Gasteiger partial charge in [0.25, 0.3) is 0 Å². The molecule has 2 aromatic carbocycles. The quantitative estimate of drug-likeness (QED) is 0.232. The largest absolute Gasteiger partial charge is 0.494 e. The zero-order valence-corrected chi connectivity index (χ0v) is 24.7. The van der Waals surface area contributed by atoms with Crippen molar-refractivity contribution in [2.75, 3.05) is 17.3 Å². The minimum absolute atomic E-state index is 0.0822. The van der Waals surface area contributed by atoms with Gasteiger partial charge in [-0.2, -0.15) is 0 Å². The molecule has 5 rings (SSSR count). The van der Waals surface area contributed by atoms with Crippen molar-refractivity contribution in [3.05, 3.63) is 100 Å². The standard InChI is InChI=1S/C31H32ClN5O2S/c1-6-28(38)34-24-13-12-22(17-27(24)39-5)37-30(29(35-31(37)40)25-9-7-8-14-33-25)23-15-19(3)36(20(23)4)26-16-21(32)11-10-18(26)2/h7-17,29-30H,6H2,1-5H3,(H,34,38)(H,35,40)/t29-,30-/m0/s1. The molecular weight excluding hydrogens is 542 g/mol. The Morgan fingerprint density at radius 2 is 1.93 bits per heavy atom. The Morgan fingerprint density at radius 3 is 2.62 bits per heavy atom. The van der Waals surface area contributed by atoms with Crippen molar-refractivity contribution in [2.45, 2.75) is 46.2 Å². The van der Waals surface area contributed by atoms with Gasteiger partial charge in [0.2, 0.25) is 5.91 Å². The summed E-state index contributed by atoms with van der Waals surface area (Å²) in [6.07, 6.45) is 2.17. The number of hydrogen-bond acceptors (Lipinski definition) is 4. The average Bonchev–Trinajstić information content (AvgIpc) is 3.45. The smallest absolute Gasteiger partial charge is 0.224 e. The summed E-state index contributed by atoms with van der Waals surface area (Å²) in [7, 11) is 1.59. The molecule has 0 spiro atoms. The van der Waals surface area contributed by atoms with Gasteiger partial charge in [0, 0.05) is 46.5 Å². The van der Waals surface area contributed by atoms with Crippen molar-refractivity contribution >= 4 is 46.2 Å². The second-order valence-corrected chi connectivity index (χ2v) is 10.7. The van der Waals surface area contributed by atoms with Crippen molar-refractivity contribution in [1.29, 1.82) is 0 Å². The van der Waals surface area contributed by atoms with E-state index in [1.807, 2.05) is 61.5 Å². The van der Waals surface area contributed by atoms with Crippen LogP contribution in [0, 0.1) is 20.8 Å². The SMILES string of the molecule is CCC(=O)Nc1ccc(N2C(=S)N[C@@H](c3ccccn3)[C@@H]2c2cc(C)n(-c3cc(Cl)ccc3C)c2C)cc1OC. The molecule has 1 aliphatic rings. The number of methoxy groups -OCH3 is 1. The van der Waals surface area contributed by atoms with Crippen molar-refractivity contribution in [3.63, 3.8) is 0 Å². The highest BCUT2D eigenvalue weighted by molar-refractivity contribution is 7.80. The van der Waals surface area contributed by atoms with Gasteiger partial charge in [-0.3, -0.25) is 9.78 Å². The Labute approximate surface area is 245 Å². The molecule has 4 aromatic rings. The Kier molecular flexibility index (Phi) is 7.83. The zero-order chi connectivity index (χ0) is 28.6. The number of pyridine rings is 1. The number of hydrogen-bond donors (Lipinski definition) is 2. The van der Waals surface area contributed by atoms with E-state index in [0.29, 0.717) is 28.0 Å². The van der Waals surface area contributed by atoms with E-state index in [1.54, 1.807) is 13.3 Å². The first kappa shape index (κ1) is 27.7. The number of aryl methyl sites for hydroxylation is 2. The van der Waals surface area contributed by atoms with E-state index in [-0.39, 0.29) is 18.0 Å². The highest BCUT2D eigenvalue weighted by atomic mass is 35.5. The van der Waals surface area contributed by atoms with Crippen molar-refractivity contribution in [1.82, 2.24) is 14.9 Å². The van der Waals surface area contributed by atoms with Gasteiger partial charge < -0.3 is 24.8 Å². The fourth-order valence-corrected chi connectivity index (χ4v) is 5.91. The Balaban J connectivity index is 1.66. The molecule has 7 nitrogen and oxygen atoms in total. The number of ether oxygens (including phenoxy) is 1. The van der Waals surface area contributed by atoms with E-state index in [4.69, 9.17) is 28.6 Å². The molecule has 1 amide bonds. The molecule has 0 bridgehead atoms. The molecule has 2 aromatic heterocycles. The molecule has 3 heterocycles. The maximum atomic E-state index is 12.1. The molecule has 1 aliphatic heterocycles. The lowest BCUT2D eigenvalue weighted by atomic mass is 9.96. The van der Waals surface area contributed by atoms with E-state index in [0.717, 1.165) is 39.6 Å². The summed E-state index contributed by atoms with van der Waals surface area (Å²) in [5, 5.41) is 7.71. The fraction of sp³-hybridized carbons (Fsp3) is 0.258. The number of nitrogens with one attached hydrogen (secondary N) is 2. The van der Waals surface area contributed by atoms with Gasteiger partial charge >= 0.3 is 0 Å². The minimum atomic E-state index is -0.206. The van der Waals surface area contributed by atoms with Crippen LogP contribution in [0.1, 0.15) is 53.6 Å². The van der Waals surface area contributed by atoms with Crippen LogP contribution in [0.15, 0.2) is 66.9 Å². The highest BCUT2D eigenvalue weighted by Crippen LogP contribution is 2.45. The predicted octanol–water partition coefficient (Wildman–Crippen LogP) is 6.99. The molecular formula is C31H32ClN5O2S. The molecule has 9 heteroatoms. The van der Waals surface area contributed by atoms with Gasteiger partial charge in [0.15, 0.2) is 5.11 Å². The third-order valence-corrected chi connectivity index (χ3v) is 7.91. The van der Waals surface area contributed by atoms with Crippen LogP contribution in [-0.2, 0) is 4.79 Å². The summed E-state index contributed by atoms with van der Waals surface area (Å²) in [4.78, 5) is 18.9. The van der Waals surface area contributed by atoms with Crippen LogP contribution in [-0.4, -0.2) is 27.7 Å². The van der Waals surface area contributed by atoms with Crippen LogP contribution in [0.4, 0.5) is 11.4 Å². The van der Waals surface area contributed by atoms with Crippen molar-refractivity contribution < 1.29 is 9.53 Å². The Morgan fingerprint density at radius 1 is 1.12 bits per heavy atom. The summed E-state index contributed by atoms with van der Waals surface area (Å²) in [6, 6.07) is 19.4. The maximum absolute atomic E-state index is 12.1. The fourth-order valence-electron chi connectivity index (χ4n) is 5.40. The third kappa shape index (κ3) is 5.05.